The van der Waals surface area contributed by atoms with E-state index in [0.717, 1.165) is 33.8 Å². The number of aromatic nitrogens is 3. The fraction of sp³-hybridized carbons (Fsp3) is 0.208. The molecule has 0 saturated heterocycles. The van der Waals surface area contributed by atoms with Gasteiger partial charge in [0.25, 0.3) is 0 Å². The van der Waals surface area contributed by atoms with Gasteiger partial charge in [-0.15, -0.1) is 0 Å². The summed E-state index contributed by atoms with van der Waals surface area (Å²) < 4.78 is 7.65. The molecule has 31 heavy (non-hydrogen) atoms. The number of pyridine rings is 1. The molecule has 3 N–H and O–H groups in total. The first-order valence-corrected chi connectivity index (χ1v) is 10.1. The number of ether oxygens (including phenoxy) is 1. The summed E-state index contributed by atoms with van der Waals surface area (Å²) >= 11 is 0. The Labute approximate surface area is 181 Å². The van der Waals surface area contributed by atoms with E-state index in [4.69, 9.17) is 10.5 Å². The highest BCUT2D eigenvalue weighted by molar-refractivity contribution is 5.97. The molecule has 0 amide bonds. The number of benzene rings is 1. The highest BCUT2D eigenvalue weighted by Crippen LogP contribution is 2.31. The fourth-order valence-electron chi connectivity index (χ4n) is 3.21. The van der Waals surface area contributed by atoms with Crippen LogP contribution in [0.4, 0.5) is 0 Å². The van der Waals surface area contributed by atoms with Gasteiger partial charge in [0.05, 0.1) is 24.4 Å². The third-order valence-corrected chi connectivity index (χ3v) is 4.91. The standard InChI is InChI=1S/C24H25N5O2/c1-24(25)9-6-20(27-13-10-24)17-31-21-4-2-19(3-5-21)23-22(16-29(28-23)14-15-30)18-7-11-26-12-8-18/h2-13,16,30H,14-15,17,25H2,1H3. The Balaban J connectivity index is 1.52. The summed E-state index contributed by atoms with van der Waals surface area (Å²) in [6.45, 7) is 2.73. The van der Waals surface area contributed by atoms with Crippen LogP contribution in [0.5, 0.6) is 5.75 Å². The second-order valence-electron chi connectivity index (χ2n) is 7.56. The number of hydrogen-bond donors (Lipinski definition) is 2. The van der Waals surface area contributed by atoms with Crippen LogP contribution in [0.3, 0.4) is 0 Å². The number of aliphatic hydroxyl groups is 1. The first-order valence-electron chi connectivity index (χ1n) is 10.1. The molecule has 7 nitrogen and oxygen atoms in total. The topological polar surface area (TPSA) is 98.6 Å². The van der Waals surface area contributed by atoms with E-state index in [1.165, 1.54) is 0 Å². The van der Waals surface area contributed by atoms with Crippen molar-refractivity contribution in [2.45, 2.75) is 19.0 Å². The lowest BCUT2D eigenvalue weighted by atomic mass is 10.0. The summed E-state index contributed by atoms with van der Waals surface area (Å²) in [5.74, 6) is 0.740. The second kappa shape index (κ2) is 9.07. The lowest BCUT2D eigenvalue weighted by molar-refractivity contribution is 0.269. The van der Waals surface area contributed by atoms with Crippen LogP contribution in [0.1, 0.15) is 6.92 Å². The summed E-state index contributed by atoms with van der Waals surface area (Å²) in [5.41, 5.74) is 10.2. The van der Waals surface area contributed by atoms with E-state index in [9.17, 15) is 5.11 Å². The first kappa shape index (κ1) is 20.7. The number of hydrogen-bond acceptors (Lipinski definition) is 6. The van der Waals surface area contributed by atoms with Gasteiger partial charge in [-0.25, -0.2) is 0 Å². The SMILES string of the molecule is CC1(N)C=CN=C(COc2ccc(-c3nn(CCO)cc3-c3ccncc3)cc2)C=C1. The Morgan fingerprint density at radius 2 is 1.84 bits per heavy atom. The largest absolute Gasteiger partial charge is 0.487 e. The third-order valence-electron chi connectivity index (χ3n) is 4.91. The number of aliphatic hydroxyl groups excluding tert-OH is 1. The minimum Gasteiger partial charge on any atom is -0.487 e. The predicted molar refractivity (Wildman–Crippen MR) is 122 cm³/mol. The summed E-state index contributed by atoms with van der Waals surface area (Å²) in [7, 11) is 0. The van der Waals surface area contributed by atoms with Gasteiger partial charge in [-0.2, -0.15) is 5.10 Å². The van der Waals surface area contributed by atoms with Crippen molar-refractivity contribution in [1.29, 1.82) is 0 Å². The first-order chi connectivity index (χ1) is 15.0. The zero-order valence-electron chi connectivity index (χ0n) is 17.3. The van der Waals surface area contributed by atoms with Crippen molar-refractivity contribution < 1.29 is 9.84 Å². The van der Waals surface area contributed by atoms with Gasteiger partial charge in [0.15, 0.2) is 0 Å². The average molecular weight is 415 g/mol. The predicted octanol–water partition coefficient (Wildman–Crippen LogP) is 3.23. The summed E-state index contributed by atoms with van der Waals surface area (Å²) in [5, 5.41) is 14.0. The van der Waals surface area contributed by atoms with Crippen molar-refractivity contribution in [3.8, 4) is 28.1 Å². The molecule has 1 aromatic carbocycles. The lowest BCUT2D eigenvalue weighted by Gasteiger charge is -2.12. The fourth-order valence-corrected chi connectivity index (χ4v) is 3.21. The minimum absolute atomic E-state index is 0.0283. The van der Waals surface area contributed by atoms with Crippen LogP contribution >= 0.6 is 0 Å². The summed E-state index contributed by atoms with van der Waals surface area (Å²) in [6.07, 6.45) is 12.8. The van der Waals surface area contributed by atoms with Crippen molar-refractivity contribution in [2.24, 2.45) is 10.7 Å². The van der Waals surface area contributed by atoms with E-state index in [1.54, 1.807) is 23.3 Å². The van der Waals surface area contributed by atoms with Crippen LogP contribution in [-0.2, 0) is 6.54 Å². The summed E-state index contributed by atoms with van der Waals surface area (Å²) in [4.78, 5) is 8.46. The molecule has 3 aromatic rings. The molecule has 7 heteroatoms. The Hall–Kier alpha value is -3.55. The van der Waals surface area contributed by atoms with Gasteiger partial charge in [-0.1, -0.05) is 6.08 Å². The Morgan fingerprint density at radius 1 is 1.06 bits per heavy atom. The van der Waals surface area contributed by atoms with Crippen LogP contribution in [-0.4, -0.2) is 44.3 Å². The number of nitrogens with two attached hydrogens (primary N) is 1. The van der Waals surface area contributed by atoms with E-state index >= 15 is 0 Å². The molecule has 4 rings (SSSR count). The van der Waals surface area contributed by atoms with Gasteiger partial charge < -0.3 is 15.6 Å². The smallest absolute Gasteiger partial charge is 0.130 e. The van der Waals surface area contributed by atoms with Gasteiger partial charge in [0, 0.05) is 35.9 Å². The molecule has 1 aliphatic rings. The zero-order valence-corrected chi connectivity index (χ0v) is 17.3. The van der Waals surface area contributed by atoms with Crippen LogP contribution in [0.25, 0.3) is 22.4 Å². The maximum atomic E-state index is 9.30. The van der Waals surface area contributed by atoms with E-state index in [-0.39, 0.29) is 6.61 Å². The molecule has 1 aliphatic heterocycles. The molecule has 0 radical (unpaired) electrons. The van der Waals surface area contributed by atoms with Crippen molar-refractivity contribution in [3.05, 3.63) is 79.4 Å². The average Bonchev–Trinajstić information content (AvgIpc) is 3.12. The molecule has 158 valence electrons. The van der Waals surface area contributed by atoms with E-state index in [0.29, 0.717) is 13.2 Å². The molecular formula is C24H25N5O2. The van der Waals surface area contributed by atoms with Crippen LogP contribution < -0.4 is 10.5 Å². The Kier molecular flexibility index (Phi) is 6.06. The maximum Gasteiger partial charge on any atom is 0.130 e. The van der Waals surface area contributed by atoms with Gasteiger partial charge in [-0.05, 0) is 61.0 Å². The van der Waals surface area contributed by atoms with Gasteiger partial charge in [0.1, 0.15) is 18.1 Å². The van der Waals surface area contributed by atoms with Crippen LogP contribution in [0.15, 0.2) is 84.4 Å². The molecule has 1 unspecified atom stereocenters. The minimum atomic E-state index is -0.501. The molecule has 0 spiro atoms. The van der Waals surface area contributed by atoms with E-state index in [2.05, 4.69) is 15.1 Å². The molecule has 0 aliphatic carbocycles. The quantitative estimate of drug-likeness (QED) is 0.617. The van der Waals surface area contributed by atoms with E-state index < -0.39 is 5.54 Å². The number of aliphatic imine (C=N–C) groups is 1. The van der Waals surface area contributed by atoms with Crippen LogP contribution in [0, 0.1) is 0 Å². The maximum absolute atomic E-state index is 9.30. The van der Waals surface area contributed by atoms with Crippen molar-refractivity contribution in [2.75, 3.05) is 13.2 Å². The Morgan fingerprint density at radius 3 is 2.58 bits per heavy atom. The molecular weight excluding hydrogens is 390 g/mol. The van der Waals surface area contributed by atoms with Crippen molar-refractivity contribution >= 4 is 5.71 Å². The van der Waals surface area contributed by atoms with Gasteiger partial charge >= 0.3 is 0 Å². The second-order valence-corrected chi connectivity index (χ2v) is 7.56. The monoisotopic (exact) mass is 415 g/mol. The summed E-state index contributed by atoms with van der Waals surface area (Å²) in [6, 6.07) is 11.7. The molecule has 3 heterocycles. The number of rotatable bonds is 7. The lowest BCUT2D eigenvalue weighted by Crippen LogP contribution is -2.30. The highest BCUT2D eigenvalue weighted by atomic mass is 16.5. The normalized spacial score (nSPS) is 18.0. The molecule has 0 fully saturated rings. The highest BCUT2D eigenvalue weighted by Gasteiger charge is 2.14. The van der Waals surface area contributed by atoms with Crippen molar-refractivity contribution in [1.82, 2.24) is 14.8 Å². The van der Waals surface area contributed by atoms with Gasteiger partial charge in [0.2, 0.25) is 0 Å². The molecule has 2 aromatic heterocycles. The zero-order chi connectivity index (χ0) is 21.7. The van der Waals surface area contributed by atoms with Crippen molar-refractivity contribution in [3.63, 3.8) is 0 Å². The molecule has 0 saturated carbocycles. The molecule has 0 bridgehead atoms. The van der Waals surface area contributed by atoms with Crippen LogP contribution in [0.2, 0.25) is 0 Å². The molecule has 1 atom stereocenters. The van der Waals surface area contributed by atoms with Gasteiger partial charge in [-0.3, -0.25) is 14.7 Å². The third kappa shape index (κ3) is 5.14. The Bertz CT molecular complexity index is 1110. The number of nitrogens with zero attached hydrogens (tertiary/aromatic N) is 4. The van der Waals surface area contributed by atoms with E-state index in [1.807, 2.05) is 67.7 Å².